The van der Waals surface area contributed by atoms with Crippen LogP contribution in [-0.2, 0) is 0 Å². The van der Waals surface area contributed by atoms with Gasteiger partial charge in [-0.2, -0.15) is 0 Å². The molecule has 3 heteroatoms. The first-order chi connectivity index (χ1) is 7.20. The smallest absolute Gasteiger partial charge is 0.168 e. The van der Waals surface area contributed by atoms with Crippen LogP contribution in [0.4, 0.5) is 5.69 Å². The number of carbonyl (C=O) groups excluding carboxylic acids is 1. The summed E-state index contributed by atoms with van der Waals surface area (Å²) >= 11 is 5.89. The molecule has 1 saturated carbocycles. The number of nitrogens with two attached hydrogens (primary N) is 1. The third-order valence-corrected chi connectivity index (χ3v) is 3.37. The maximum absolute atomic E-state index is 12.1. The van der Waals surface area contributed by atoms with E-state index in [1.165, 1.54) is 0 Å². The number of carbonyl (C=O) groups is 1. The first kappa shape index (κ1) is 10.5. The second-order valence-corrected chi connectivity index (χ2v) is 4.45. The van der Waals surface area contributed by atoms with Crippen molar-refractivity contribution in [3.63, 3.8) is 0 Å². The van der Waals surface area contributed by atoms with Crippen LogP contribution in [0.2, 0.25) is 5.02 Å². The molecule has 0 radical (unpaired) electrons. The van der Waals surface area contributed by atoms with Crippen molar-refractivity contribution in [2.45, 2.75) is 25.7 Å². The number of para-hydroxylation sites is 1. The zero-order valence-corrected chi connectivity index (χ0v) is 9.26. The Bertz CT molecular complexity index is 383. The van der Waals surface area contributed by atoms with Crippen LogP contribution in [0, 0.1) is 5.92 Å². The Balaban J connectivity index is 2.28. The molecular weight excluding hydrogens is 210 g/mol. The van der Waals surface area contributed by atoms with Gasteiger partial charge in [0.1, 0.15) is 0 Å². The molecule has 1 fully saturated rings. The van der Waals surface area contributed by atoms with Crippen molar-refractivity contribution in [1.29, 1.82) is 0 Å². The highest BCUT2D eigenvalue weighted by molar-refractivity contribution is 6.34. The Hall–Kier alpha value is -1.02. The predicted octanol–water partition coefficient (Wildman–Crippen LogP) is 3.30. The number of ketones is 1. The number of hydrogen-bond acceptors (Lipinski definition) is 2. The topological polar surface area (TPSA) is 43.1 Å². The van der Waals surface area contributed by atoms with Crippen molar-refractivity contribution in [3.05, 3.63) is 28.8 Å². The first-order valence-electron chi connectivity index (χ1n) is 5.28. The van der Waals surface area contributed by atoms with Gasteiger partial charge in [-0.25, -0.2) is 0 Å². The van der Waals surface area contributed by atoms with E-state index < -0.39 is 0 Å². The molecule has 0 aliphatic heterocycles. The fourth-order valence-electron chi connectivity index (χ4n) is 2.16. The summed E-state index contributed by atoms with van der Waals surface area (Å²) < 4.78 is 0. The maximum atomic E-state index is 12.1. The van der Waals surface area contributed by atoms with Crippen molar-refractivity contribution in [2.75, 3.05) is 5.73 Å². The molecule has 0 aromatic heterocycles. The summed E-state index contributed by atoms with van der Waals surface area (Å²) in [5.74, 6) is 0.318. The Morgan fingerprint density at radius 1 is 1.33 bits per heavy atom. The summed E-state index contributed by atoms with van der Waals surface area (Å²) in [4.78, 5) is 12.1. The number of nitrogen functional groups attached to an aromatic ring is 1. The Morgan fingerprint density at radius 2 is 2.00 bits per heavy atom. The number of hydrogen-bond donors (Lipinski definition) is 1. The van der Waals surface area contributed by atoms with Gasteiger partial charge in [-0.05, 0) is 25.0 Å². The summed E-state index contributed by atoms with van der Waals surface area (Å²) in [6.45, 7) is 0. The Morgan fingerprint density at radius 3 is 2.67 bits per heavy atom. The van der Waals surface area contributed by atoms with Gasteiger partial charge in [-0.1, -0.05) is 30.5 Å². The number of rotatable bonds is 2. The van der Waals surface area contributed by atoms with Crippen LogP contribution in [0.3, 0.4) is 0 Å². The van der Waals surface area contributed by atoms with Gasteiger partial charge in [0.2, 0.25) is 0 Å². The summed E-state index contributed by atoms with van der Waals surface area (Å²) in [5.41, 5.74) is 6.82. The molecule has 0 heterocycles. The van der Waals surface area contributed by atoms with Gasteiger partial charge >= 0.3 is 0 Å². The predicted molar refractivity (Wildman–Crippen MR) is 62.2 cm³/mol. The fourth-order valence-corrected chi connectivity index (χ4v) is 2.33. The Labute approximate surface area is 94.4 Å². The lowest BCUT2D eigenvalue weighted by molar-refractivity contribution is 0.0924. The van der Waals surface area contributed by atoms with Gasteiger partial charge in [0, 0.05) is 11.5 Å². The number of benzene rings is 1. The minimum Gasteiger partial charge on any atom is -0.397 e. The lowest BCUT2D eigenvalue weighted by atomic mass is 9.95. The van der Waals surface area contributed by atoms with Crippen LogP contribution in [0.5, 0.6) is 0 Å². The molecule has 2 rings (SSSR count). The van der Waals surface area contributed by atoms with Crippen LogP contribution < -0.4 is 5.73 Å². The van der Waals surface area contributed by atoms with E-state index in [-0.39, 0.29) is 11.7 Å². The molecular formula is C12H14ClNO. The monoisotopic (exact) mass is 223 g/mol. The minimum absolute atomic E-state index is 0.158. The summed E-state index contributed by atoms with van der Waals surface area (Å²) in [6.07, 6.45) is 4.28. The quantitative estimate of drug-likeness (QED) is 0.618. The molecule has 15 heavy (non-hydrogen) atoms. The van der Waals surface area contributed by atoms with Gasteiger partial charge < -0.3 is 5.73 Å². The average molecular weight is 224 g/mol. The first-order valence-corrected chi connectivity index (χ1v) is 5.66. The van der Waals surface area contributed by atoms with Gasteiger partial charge in [0.05, 0.1) is 10.7 Å². The zero-order chi connectivity index (χ0) is 10.8. The summed E-state index contributed by atoms with van der Waals surface area (Å²) in [7, 11) is 0. The molecule has 0 saturated heterocycles. The Kier molecular flexibility index (Phi) is 2.96. The molecule has 2 N–H and O–H groups in total. The number of Topliss-reactive ketones (excluding diaryl/α,β-unsaturated/α-hetero) is 1. The van der Waals surface area contributed by atoms with Gasteiger partial charge in [-0.15, -0.1) is 0 Å². The fraction of sp³-hybridized carbons (Fsp3) is 0.417. The van der Waals surface area contributed by atoms with Crippen molar-refractivity contribution < 1.29 is 4.79 Å². The molecule has 2 nitrogen and oxygen atoms in total. The highest BCUT2D eigenvalue weighted by Crippen LogP contribution is 2.31. The van der Waals surface area contributed by atoms with E-state index in [0.717, 1.165) is 25.7 Å². The van der Waals surface area contributed by atoms with Crippen molar-refractivity contribution in [1.82, 2.24) is 0 Å². The van der Waals surface area contributed by atoms with Gasteiger partial charge in [0.15, 0.2) is 5.78 Å². The summed E-state index contributed by atoms with van der Waals surface area (Å²) in [5, 5.41) is 0.471. The zero-order valence-electron chi connectivity index (χ0n) is 8.50. The molecule has 0 atom stereocenters. The minimum atomic E-state index is 0.158. The van der Waals surface area contributed by atoms with E-state index in [9.17, 15) is 4.79 Å². The molecule has 80 valence electrons. The van der Waals surface area contributed by atoms with Gasteiger partial charge in [-0.3, -0.25) is 4.79 Å². The van der Waals surface area contributed by atoms with Crippen molar-refractivity contribution in [2.24, 2.45) is 5.92 Å². The molecule has 1 aromatic rings. The van der Waals surface area contributed by atoms with Gasteiger partial charge in [0.25, 0.3) is 0 Å². The third-order valence-electron chi connectivity index (χ3n) is 3.04. The molecule has 0 bridgehead atoms. The molecule has 1 aliphatic carbocycles. The van der Waals surface area contributed by atoms with Crippen LogP contribution in [-0.4, -0.2) is 5.78 Å². The van der Waals surface area contributed by atoms with Crippen LogP contribution in [0.15, 0.2) is 18.2 Å². The highest BCUT2D eigenvalue weighted by Gasteiger charge is 2.25. The average Bonchev–Trinajstić information content (AvgIpc) is 2.74. The van der Waals surface area contributed by atoms with Crippen LogP contribution in [0.25, 0.3) is 0 Å². The highest BCUT2D eigenvalue weighted by atomic mass is 35.5. The van der Waals surface area contributed by atoms with Crippen molar-refractivity contribution in [3.8, 4) is 0 Å². The molecule has 0 amide bonds. The second kappa shape index (κ2) is 4.23. The van der Waals surface area contributed by atoms with E-state index in [0.29, 0.717) is 16.3 Å². The number of anilines is 1. The molecule has 1 aliphatic rings. The van der Waals surface area contributed by atoms with E-state index in [1.54, 1.807) is 18.2 Å². The van der Waals surface area contributed by atoms with E-state index >= 15 is 0 Å². The van der Waals surface area contributed by atoms with Crippen molar-refractivity contribution >= 4 is 23.1 Å². The van der Waals surface area contributed by atoms with E-state index in [4.69, 9.17) is 17.3 Å². The summed E-state index contributed by atoms with van der Waals surface area (Å²) in [6, 6.07) is 5.26. The molecule has 0 unspecified atom stereocenters. The molecule has 1 aromatic carbocycles. The lowest BCUT2D eigenvalue weighted by Crippen LogP contribution is -2.13. The lowest BCUT2D eigenvalue weighted by Gasteiger charge is -2.10. The standard InChI is InChI=1S/C12H14ClNO/c13-10-7-3-6-9(11(10)14)12(15)8-4-1-2-5-8/h3,6-8H,1-2,4-5,14H2. The SMILES string of the molecule is Nc1c(Cl)cccc1C(=O)C1CCCC1. The second-order valence-electron chi connectivity index (χ2n) is 4.05. The van der Waals surface area contributed by atoms with Crippen LogP contribution in [0.1, 0.15) is 36.0 Å². The van der Waals surface area contributed by atoms with E-state index in [2.05, 4.69) is 0 Å². The molecule has 0 spiro atoms. The normalized spacial score (nSPS) is 16.9. The number of halogens is 1. The van der Waals surface area contributed by atoms with Crippen LogP contribution >= 0.6 is 11.6 Å². The van der Waals surface area contributed by atoms with E-state index in [1.807, 2.05) is 0 Å². The largest absolute Gasteiger partial charge is 0.397 e. The maximum Gasteiger partial charge on any atom is 0.168 e. The third kappa shape index (κ3) is 2.00.